The summed E-state index contributed by atoms with van der Waals surface area (Å²) in [4.78, 5) is 17.3. The van der Waals surface area contributed by atoms with Gasteiger partial charge in [0.1, 0.15) is 0 Å². The van der Waals surface area contributed by atoms with Crippen LogP contribution in [0.25, 0.3) is 0 Å². The van der Waals surface area contributed by atoms with Gasteiger partial charge in [-0.3, -0.25) is 9.79 Å². The molecule has 1 aliphatic heterocycles. The van der Waals surface area contributed by atoms with E-state index >= 15 is 0 Å². The number of carbonyl (C=O) groups is 1. The fourth-order valence-electron chi connectivity index (χ4n) is 3.90. The Bertz CT molecular complexity index is 816. The molecule has 0 spiro atoms. The molecule has 128 valence electrons. The first-order valence-corrected chi connectivity index (χ1v) is 9.71. The molecular formula is C21H21BrN2O. The zero-order valence-corrected chi connectivity index (χ0v) is 15.6. The van der Waals surface area contributed by atoms with Gasteiger partial charge in [-0.05, 0) is 48.6 Å². The van der Waals surface area contributed by atoms with Gasteiger partial charge in [-0.1, -0.05) is 52.7 Å². The predicted molar refractivity (Wildman–Crippen MR) is 105 cm³/mol. The third kappa shape index (κ3) is 3.54. The largest absolute Gasteiger partial charge is 0.348 e. The normalized spacial score (nSPS) is 21.2. The van der Waals surface area contributed by atoms with Crippen molar-refractivity contribution in [1.29, 1.82) is 0 Å². The highest BCUT2D eigenvalue weighted by atomic mass is 79.9. The molecule has 2 aliphatic rings. The number of benzene rings is 2. The molecule has 3 nitrogen and oxygen atoms in total. The molecule has 1 fully saturated rings. The molecule has 0 bridgehead atoms. The number of aliphatic imine (C=N–C) groups is 1. The zero-order valence-electron chi connectivity index (χ0n) is 14.0. The minimum absolute atomic E-state index is 0.0770. The Morgan fingerprint density at radius 2 is 2.00 bits per heavy atom. The van der Waals surface area contributed by atoms with E-state index in [2.05, 4.69) is 45.5 Å². The first-order valence-electron chi connectivity index (χ1n) is 8.92. The van der Waals surface area contributed by atoms with Gasteiger partial charge in [0.05, 0.1) is 11.7 Å². The van der Waals surface area contributed by atoms with Crippen LogP contribution in [-0.2, 0) is 11.2 Å². The van der Waals surface area contributed by atoms with Crippen LogP contribution in [0.4, 0.5) is 5.69 Å². The fraction of sp³-hybridized carbons (Fsp3) is 0.333. The van der Waals surface area contributed by atoms with Crippen molar-refractivity contribution < 1.29 is 4.79 Å². The van der Waals surface area contributed by atoms with Crippen LogP contribution in [0.1, 0.15) is 42.7 Å². The molecule has 25 heavy (non-hydrogen) atoms. The highest BCUT2D eigenvalue weighted by Crippen LogP contribution is 2.43. The van der Waals surface area contributed by atoms with Crippen molar-refractivity contribution >= 4 is 33.2 Å². The molecule has 2 unspecified atom stereocenters. The van der Waals surface area contributed by atoms with Gasteiger partial charge in [-0.25, -0.2) is 0 Å². The molecule has 4 rings (SSSR count). The quantitative estimate of drug-likeness (QED) is 0.782. The molecule has 0 radical (unpaired) electrons. The smallest absolute Gasteiger partial charge is 0.220 e. The summed E-state index contributed by atoms with van der Waals surface area (Å²) in [5.41, 5.74) is 4.71. The van der Waals surface area contributed by atoms with E-state index in [1.165, 1.54) is 11.1 Å². The number of rotatable bonds is 4. The number of amides is 1. The third-order valence-electron chi connectivity index (χ3n) is 5.13. The number of hydrogen-bond acceptors (Lipinski definition) is 2. The van der Waals surface area contributed by atoms with Crippen LogP contribution in [0.2, 0.25) is 0 Å². The molecule has 1 N–H and O–H groups in total. The second-order valence-corrected chi connectivity index (χ2v) is 7.74. The van der Waals surface area contributed by atoms with Crippen LogP contribution < -0.4 is 5.32 Å². The van der Waals surface area contributed by atoms with Crippen LogP contribution in [0.3, 0.4) is 0 Å². The SMILES string of the molecule is O=C(CCc1ccccc1)NC1CCCC2C1=Nc1ccc(Br)cc12. The van der Waals surface area contributed by atoms with Crippen LogP contribution in [0, 0.1) is 0 Å². The second kappa shape index (κ2) is 7.12. The molecule has 0 aromatic heterocycles. The van der Waals surface area contributed by atoms with Gasteiger partial charge in [0.25, 0.3) is 0 Å². The topological polar surface area (TPSA) is 41.5 Å². The van der Waals surface area contributed by atoms with Crippen LogP contribution >= 0.6 is 15.9 Å². The Kier molecular flexibility index (Phi) is 4.71. The van der Waals surface area contributed by atoms with Crippen molar-refractivity contribution in [3.63, 3.8) is 0 Å². The van der Waals surface area contributed by atoms with E-state index in [9.17, 15) is 4.79 Å². The van der Waals surface area contributed by atoms with Gasteiger partial charge in [0.2, 0.25) is 5.91 Å². The average Bonchev–Trinajstić information content (AvgIpc) is 3.00. The number of nitrogens with zero attached hydrogens (tertiary/aromatic N) is 1. The minimum Gasteiger partial charge on any atom is -0.348 e. The number of hydrogen-bond donors (Lipinski definition) is 1. The van der Waals surface area contributed by atoms with Crippen molar-refractivity contribution in [3.8, 4) is 0 Å². The minimum atomic E-state index is 0.0770. The Labute approximate surface area is 156 Å². The maximum Gasteiger partial charge on any atom is 0.220 e. The van der Waals surface area contributed by atoms with Crippen molar-refractivity contribution in [2.75, 3.05) is 0 Å². The monoisotopic (exact) mass is 396 g/mol. The van der Waals surface area contributed by atoms with E-state index in [0.717, 1.165) is 41.6 Å². The lowest BCUT2D eigenvalue weighted by Crippen LogP contribution is -2.44. The standard InChI is InChI=1S/C21H21BrN2O/c22-15-10-11-18-17(13-15)16-7-4-8-19(21(16)24-18)23-20(25)12-9-14-5-2-1-3-6-14/h1-3,5-6,10-11,13,16,19H,4,7-9,12H2,(H,23,25). The maximum atomic E-state index is 12.4. The second-order valence-electron chi connectivity index (χ2n) is 6.83. The summed E-state index contributed by atoms with van der Waals surface area (Å²) in [6, 6.07) is 16.5. The summed E-state index contributed by atoms with van der Waals surface area (Å²) in [5.74, 6) is 0.481. The van der Waals surface area contributed by atoms with Crippen LogP contribution in [0.15, 0.2) is 58.0 Å². The highest BCUT2D eigenvalue weighted by molar-refractivity contribution is 9.10. The van der Waals surface area contributed by atoms with E-state index in [1.54, 1.807) is 0 Å². The summed E-state index contributed by atoms with van der Waals surface area (Å²) >= 11 is 3.56. The number of aryl methyl sites for hydroxylation is 1. The molecule has 2 aromatic carbocycles. The zero-order chi connectivity index (χ0) is 17.2. The Balaban J connectivity index is 1.42. The summed E-state index contributed by atoms with van der Waals surface area (Å²) in [6.07, 6.45) is 4.54. The van der Waals surface area contributed by atoms with Crippen LogP contribution in [0.5, 0.6) is 0 Å². The van der Waals surface area contributed by atoms with Crippen molar-refractivity contribution in [3.05, 3.63) is 64.1 Å². The fourth-order valence-corrected chi connectivity index (χ4v) is 4.27. The number of fused-ring (bicyclic) bond motifs is 3. The van der Waals surface area contributed by atoms with E-state index in [0.29, 0.717) is 12.3 Å². The van der Waals surface area contributed by atoms with E-state index in [-0.39, 0.29) is 11.9 Å². The lowest BCUT2D eigenvalue weighted by Gasteiger charge is -2.29. The number of nitrogens with one attached hydrogen (secondary N) is 1. The van der Waals surface area contributed by atoms with Crippen molar-refractivity contribution in [2.45, 2.75) is 44.1 Å². The Morgan fingerprint density at radius 3 is 2.84 bits per heavy atom. The van der Waals surface area contributed by atoms with Crippen molar-refractivity contribution in [1.82, 2.24) is 5.32 Å². The first kappa shape index (κ1) is 16.5. The maximum absolute atomic E-state index is 12.4. The first-order chi connectivity index (χ1) is 12.2. The van der Waals surface area contributed by atoms with Crippen LogP contribution in [-0.4, -0.2) is 17.7 Å². The highest BCUT2D eigenvalue weighted by Gasteiger charge is 2.36. The Morgan fingerprint density at radius 1 is 1.16 bits per heavy atom. The molecule has 1 amide bonds. The third-order valence-corrected chi connectivity index (χ3v) is 5.63. The van der Waals surface area contributed by atoms with Gasteiger partial charge in [0.15, 0.2) is 0 Å². The van der Waals surface area contributed by atoms with Crippen molar-refractivity contribution in [2.24, 2.45) is 4.99 Å². The summed E-state index contributed by atoms with van der Waals surface area (Å²) < 4.78 is 1.09. The summed E-state index contributed by atoms with van der Waals surface area (Å²) in [5, 5.41) is 3.23. The molecule has 1 saturated carbocycles. The molecule has 4 heteroatoms. The molecule has 1 heterocycles. The van der Waals surface area contributed by atoms with Gasteiger partial charge in [-0.2, -0.15) is 0 Å². The molecule has 2 atom stereocenters. The van der Waals surface area contributed by atoms with E-state index in [4.69, 9.17) is 4.99 Å². The lowest BCUT2D eigenvalue weighted by atomic mass is 9.81. The average molecular weight is 397 g/mol. The predicted octanol–water partition coefficient (Wildman–Crippen LogP) is 4.92. The molecule has 1 aliphatic carbocycles. The van der Waals surface area contributed by atoms with E-state index < -0.39 is 0 Å². The lowest BCUT2D eigenvalue weighted by molar-refractivity contribution is -0.121. The van der Waals surface area contributed by atoms with Gasteiger partial charge in [-0.15, -0.1) is 0 Å². The number of carbonyl (C=O) groups excluding carboxylic acids is 1. The van der Waals surface area contributed by atoms with Gasteiger partial charge in [0, 0.05) is 22.5 Å². The Hall–Kier alpha value is -1.94. The van der Waals surface area contributed by atoms with Gasteiger partial charge >= 0.3 is 0 Å². The summed E-state index contributed by atoms with van der Waals surface area (Å²) in [6.45, 7) is 0. The molecular weight excluding hydrogens is 376 g/mol. The molecule has 0 saturated heterocycles. The number of halogens is 1. The summed E-state index contributed by atoms with van der Waals surface area (Å²) in [7, 11) is 0. The van der Waals surface area contributed by atoms with Gasteiger partial charge < -0.3 is 5.32 Å². The van der Waals surface area contributed by atoms with E-state index in [1.807, 2.05) is 24.3 Å². The molecule has 2 aromatic rings.